The van der Waals surface area contributed by atoms with Gasteiger partial charge in [0.2, 0.25) is 0 Å². The van der Waals surface area contributed by atoms with Crippen molar-refractivity contribution in [2.24, 2.45) is 0 Å². The molecule has 1 aromatic heterocycles. The van der Waals surface area contributed by atoms with Gasteiger partial charge in [0, 0.05) is 29.7 Å². The average Bonchev–Trinajstić information content (AvgIpc) is 2.35. The molecular weight excluding hydrogens is 232 g/mol. The molecule has 0 spiro atoms. The Labute approximate surface area is 103 Å². The zero-order valence-corrected chi connectivity index (χ0v) is 9.73. The van der Waals surface area contributed by atoms with Gasteiger partial charge in [-0.05, 0) is 19.1 Å². The van der Waals surface area contributed by atoms with Crippen molar-refractivity contribution in [2.75, 3.05) is 5.32 Å². The number of aromatic amines is 1. The number of benzene rings is 1. The molecule has 0 aliphatic carbocycles. The van der Waals surface area contributed by atoms with E-state index < -0.39 is 5.91 Å². The average molecular weight is 244 g/mol. The Morgan fingerprint density at radius 1 is 1.33 bits per heavy atom. The molecule has 5 nitrogen and oxygen atoms in total. The molecule has 92 valence electrons. The molecule has 1 aromatic carbocycles. The third kappa shape index (κ3) is 2.24. The molecule has 1 heterocycles. The van der Waals surface area contributed by atoms with Crippen molar-refractivity contribution in [1.82, 2.24) is 4.98 Å². The number of hydrogen-bond acceptors (Lipinski definition) is 3. The standard InChI is InChI=1S/C13H12N2O3/c1-8-10(3-2-4-11(8)16)15-13(18)9-7-14-6-5-12(9)17/h2-7,16H,1H3,(H,14,17)(H,15,18). The molecule has 3 N–H and O–H groups in total. The summed E-state index contributed by atoms with van der Waals surface area (Å²) in [6.07, 6.45) is 2.80. The molecule has 2 rings (SSSR count). The summed E-state index contributed by atoms with van der Waals surface area (Å²) in [5, 5.41) is 12.1. The van der Waals surface area contributed by atoms with Crippen molar-refractivity contribution in [1.29, 1.82) is 0 Å². The molecule has 1 amide bonds. The lowest BCUT2D eigenvalue weighted by molar-refractivity contribution is 0.102. The molecule has 0 saturated heterocycles. The van der Waals surface area contributed by atoms with E-state index in [4.69, 9.17) is 0 Å². The normalized spacial score (nSPS) is 10.1. The van der Waals surface area contributed by atoms with Crippen LogP contribution in [0.1, 0.15) is 15.9 Å². The predicted octanol–water partition coefficient (Wildman–Crippen LogP) is 1.64. The Balaban J connectivity index is 2.30. The minimum absolute atomic E-state index is 0.0280. The molecular formula is C13H12N2O3. The fourth-order valence-corrected chi connectivity index (χ4v) is 1.54. The monoisotopic (exact) mass is 244 g/mol. The van der Waals surface area contributed by atoms with Gasteiger partial charge in [-0.2, -0.15) is 0 Å². The van der Waals surface area contributed by atoms with Gasteiger partial charge in [0.15, 0.2) is 5.43 Å². The Kier molecular flexibility index (Phi) is 3.14. The molecule has 0 unspecified atom stereocenters. The smallest absolute Gasteiger partial charge is 0.261 e. The van der Waals surface area contributed by atoms with Crippen LogP contribution in [0.3, 0.4) is 0 Å². The molecule has 0 atom stereocenters. The minimum atomic E-state index is -0.509. The lowest BCUT2D eigenvalue weighted by atomic mass is 10.1. The lowest BCUT2D eigenvalue weighted by Gasteiger charge is -2.08. The Morgan fingerprint density at radius 3 is 2.83 bits per heavy atom. The summed E-state index contributed by atoms with van der Waals surface area (Å²) in [5.74, 6) is -0.416. The quantitative estimate of drug-likeness (QED) is 0.751. The first-order valence-corrected chi connectivity index (χ1v) is 5.36. The van der Waals surface area contributed by atoms with Crippen LogP contribution in [0.5, 0.6) is 5.75 Å². The van der Waals surface area contributed by atoms with E-state index in [9.17, 15) is 14.7 Å². The van der Waals surface area contributed by atoms with Crippen LogP contribution in [-0.2, 0) is 0 Å². The zero-order chi connectivity index (χ0) is 13.1. The summed E-state index contributed by atoms with van der Waals surface area (Å²) < 4.78 is 0. The maximum absolute atomic E-state index is 11.9. The fraction of sp³-hybridized carbons (Fsp3) is 0.0769. The van der Waals surface area contributed by atoms with E-state index in [2.05, 4.69) is 10.3 Å². The molecule has 18 heavy (non-hydrogen) atoms. The van der Waals surface area contributed by atoms with Crippen LogP contribution in [-0.4, -0.2) is 16.0 Å². The molecule has 0 aliphatic rings. The fourth-order valence-electron chi connectivity index (χ4n) is 1.54. The molecule has 0 fully saturated rings. The third-order valence-corrected chi connectivity index (χ3v) is 2.62. The van der Waals surface area contributed by atoms with Crippen LogP contribution in [0.15, 0.2) is 41.5 Å². The highest BCUT2D eigenvalue weighted by molar-refractivity contribution is 6.04. The van der Waals surface area contributed by atoms with Crippen LogP contribution in [0.4, 0.5) is 5.69 Å². The number of phenolic OH excluding ortho intramolecular Hbond substituents is 1. The van der Waals surface area contributed by atoms with E-state index in [1.807, 2.05) is 0 Å². The number of aromatic nitrogens is 1. The molecule has 0 radical (unpaired) electrons. The van der Waals surface area contributed by atoms with E-state index in [1.54, 1.807) is 19.1 Å². The summed E-state index contributed by atoms with van der Waals surface area (Å²) in [6, 6.07) is 6.09. The lowest BCUT2D eigenvalue weighted by Crippen LogP contribution is -2.21. The molecule has 0 bridgehead atoms. The highest BCUT2D eigenvalue weighted by Crippen LogP contribution is 2.23. The van der Waals surface area contributed by atoms with Crippen molar-refractivity contribution in [3.8, 4) is 5.75 Å². The highest BCUT2D eigenvalue weighted by Gasteiger charge is 2.11. The van der Waals surface area contributed by atoms with Gasteiger partial charge in [0.1, 0.15) is 11.3 Å². The second kappa shape index (κ2) is 4.75. The minimum Gasteiger partial charge on any atom is -0.508 e. The maximum Gasteiger partial charge on any atom is 0.261 e. The number of anilines is 1. The van der Waals surface area contributed by atoms with E-state index in [0.717, 1.165) is 0 Å². The van der Waals surface area contributed by atoms with E-state index in [1.165, 1.54) is 24.5 Å². The van der Waals surface area contributed by atoms with Crippen molar-refractivity contribution < 1.29 is 9.90 Å². The first-order valence-electron chi connectivity index (χ1n) is 5.36. The Bertz CT molecular complexity index is 647. The summed E-state index contributed by atoms with van der Waals surface area (Å²) in [6.45, 7) is 1.68. The van der Waals surface area contributed by atoms with Gasteiger partial charge >= 0.3 is 0 Å². The van der Waals surface area contributed by atoms with Crippen LogP contribution in [0, 0.1) is 6.92 Å². The number of H-pyrrole nitrogens is 1. The van der Waals surface area contributed by atoms with Crippen molar-refractivity contribution >= 4 is 11.6 Å². The van der Waals surface area contributed by atoms with E-state index in [0.29, 0.717) is 11.3 Å². The van der Waals surface area contributed by atoms with Gasteiger partial charge in [-0.25, -0.2) is 0 Å². The third-order valence-electron chi connectivity index (χ3n) is 2.62. The zero-order valence-electron chi connectivity index (χ0n) is 9.73. The molecule has 2 aromatic rings. The van der Waals surface area contributed by atoms with Crippen LogP contribution in [0.25, 0.3) is 0 Å². The van der Waals surface area contributed by atoms with Crippen LogP contribution >= 0.6 is 0 Å². The summed E-state index contributed by atoms with van der Waals surface area (Å²) >= 11 is 0. The van der Waals surface area contributed by atoms with Gasteiger partial charge in [0.05, 0.1) is 0 Å². The Hall–Kier alpha value is -2.56. The first-order chi connectivity index (χ1) is 8.59. The second-order valence-electron chi connectivity index (χ2n) is 3.83. The van der Waals surface area contributed by atoms with E-state index in [-0.39, 0.29) is 16.7 Å². The van der Waals surface area contributed by atoms with Gasteiger partial charge in [0.25, 0.3) is 5.91 Å². The van der Waals surface area contributed by atoms with Crippen molar-refractivity contribution in [2.45, 2.75) is 6.92 Å². The number of hydrogen-bond donors (Lipinski definition) is 3. The molecule has 0 saturated carbocycles. The van der Waals surface area contributed by atoms with Crippen molar-refractivity contribution in [3.05, 3.63) is 58.0 Å². The van der Waals surface area contributed by atoms with Gasteiger partial charge < -0.3 is 15.4 Å². The summed E-state index contributed by atoms with van der Waals surface area (Å²) in [5.41, 5.74) is 0.700. The van der Waals surface area contributed by atoms with E-state index >= 15 is 0 Å². The summed E-state index contributed by atoms with van der Waals surface area (Å²) in [7, 11) is 0. The van der Waals surface area contributed by atoms with Gasteiger partial charge in [-0.15, -0.1) is 0 Å². The number of carbonyl (C=O) groups excluding carboxylic acids is 1. The molecule has 0 aliphatic heterocycles. The highest BCUT2D eigenvalue weighted by atomic mass is 16.3. The van der Waals surface area contributed by atoms with Crippen LogP contribution in [0.2, 0.25) is 0 Å². The number of rotatable bonds is 2. The summed E-state index contributed by atoms with van der Waals surface area (Å²) in [4.78, 5) is 26.0. The largest absolute Gasteiger partial charge is 0.508 e. The number of nitrogens with one attached hydrogen (secondary N) is 2. The number of aromatic hydroxyl groups is 1. The Morgan fingerprint density at radius 2 is 2.11 bits per heavy atom. The predicted molar refractivity (Wildman–Crippen MR) is 67.9 cm³/mol. The molecule has 5 heteroatoms. The number of pyridine rings is 1. The number of amides is 1. The maximum atomic E-state index is 11.9. The number of carbonyl (C=O) groups is 1. The number of phenols is 1. The first kappa shape index (κ1) is 11.9. The topological polar surface area (TPSA) is 82.2 Å². The SMILES string of the molecule is Cc1c(O)cccc1NC(=O)c1c[nH]ccc1=O. The second-order valence-corrected chi connectivity index (χ2v) is 3.83. The van der Waals surface area contributed by atoms with Gasteiger partial charge in [-0.3, -0.25) is 9.59 Å². The van der Waals surface area contributed by atoms with Crippen LogP contribution < -0.4 is 10.7 Å². The van der Waals surface area contributed by atoms with Crippen molar-refractivity contribution in [3.63, 3.8) is 0 Å². The van der Waals surface area contributed by atoms with Gasteiger partial charge in [-0.1, -0.05) is 6.07 Å².